The molecule has 3 heterocycles. The van der Waals surface area contributed by atoms with Gasteiger partial charge in [-0.2, -0.15) is 0 Å². The third-order valence-corrected chi connectivity index (χ3v) is 4.42. The van der Waals surface area contributed by atoms with Gasteiger partial charge >= 0.3 is 0 Å². The summed E-state index contributed by atoms with van der Waals surface area (Å²) in [6, 6.07) is 12.7. The number of ether oxygens (including phenoxy) is 1. The van der Waals surface area contributed by atoms with E-state index < -0.39 is 0 Å². The molecule has 2 aromatic heterocycles. The highest BCUT2D eigenvalue weighted by molar-refractivity contribution is 5.78. The average molecular weight is 350 g/mol. The second-order valence-electron chi connectivity index (χ2n) is 6.22. The molecule has 4 rings (SSSR count). The SMILES string of the molecule is O=C(CCn1cnc2ccccc2c1=O)N1CC(Oc2ccccn2)C1. The van der Waals surface area contributed by atoms with Gasteiger partial charge in [-0.05, 0) is 18.2 Å². The number of aromatic nitrogens is 3. The topological polar surface area (TPSA) is 77.3 Å². The number of carbonyl (C=O) groups excluding carboxylic acids is 1. The zero-order valence-corrected chi connectivity index (χ0v) is 14.1. The molecule has 0 aliphatic carbocycles. The zero-order valence-electron chi connectivity index (χ0n) is 14.1. The Balaban J connectivity index is 1.31. The molecular formula is C19H18N4O3. The Hall–Kier alpha value is -3.22. The number of hydrogen-bond acceptors (Lipinski definition) is 5. The van der Waals surface area contributed by atoms with Gasteiger partial charge in [0.05, 0.1) is 30.3 Å². The standard InChI is InChI=1S/C19H18N4O3/c24-18(23-11-14(12-23)26-17-7-3-4-9-20-17)8-10-22-13-21-16-6-2-1-5-15(16)19(22)25/h1-7,9,13-14H,8,10-12H2. The summed E-state index contributed by atoms with van der Waals surface area (Å²) in [6.45, 7) is 1.40. The highest BCUT2D eigenvalue weighted by Gasteiger charge is 2.32. The van der Waals surface area contributed by atoms with Crippen molar-refractivity contribution in [2.75, 3.05) is 13.1 Å². The minimum absolute atomic E-state index is 0.00549. The maximum Gasteiger partial charge on any atom is 0.261 e. The number of nitrogens with zero attached hydrogens (tertiary/aromatic N) is 4. The molecule has 1 amide bonds. The van der Waals surface area contributed by atoms with Gasteiger partial charge < -0.3 is 9.64 Å². The van der Waals surface area contributed by atoms with Crippen LogP contribution in [-0.2, 0) is 11.3 Å². The van der Waals surface area contributed by atoms with Crippen LogP contribution in [-0.4, -0.2) is 44.5 Å². The highest BCUT2D eigenvalue weighted by Crippen LogP contribution is 2.16. The van der Waals surface area contributed by atoms with Gasteiger partial charge in [0.15, 0.2) is 0 Å². The summed E-state index contributed by atoms with van der Waals surface area (Å²) in [7, 11) is 0. The molecular weight excluding hydrogens is 332 g/mol. The average Bonchev–Trinajstić information content (AvgIpc) is 2.64. The van der Waals surface area contributed by atoms with E-state index in [2.05, 4.69) is 9.97 Å². The van der Waals surface area contributed by atoms with E-state index in [0.29, 0.717) is 36.4 Å². The molecule has 0 N–H and O–H groups in total. The monoisotopic (exact) mass is 350 g/mol. The van der Waals surface area contributed by atoms with Gasteiger partial charge in [-0.1, -0.05) is 18.2 Å². The van der Waals surface area contributed by atoms with Crippen LogP contribution < -0.4 is 10.3 Å². The Bertz CT molecular complexity index is 981. The van der Waals surface area contributed by atoms with Gasteiger partial charge in [-0.25, -0.2) is 9.97 Å². The Labute approximate surface area is 149 Å². The summed E-state index contributed by atoms with van der Waals surface area (Å²) in [5.74, 6) is 0.573. The smallest absolute Gasteiger partial charge is 0.261 e. The molecule has 0 atom stereocenters. The van der Waals surface area contributed by atoms with E-state index in [1.54, 1.807) is 29.3 Å². The van der Waals surface area contributed by atoms with Crippen molar-refractivity contribution in [3.8, 4) is 5.88 Å². The van der Waals surface area contributed by atoms with E-state index in [0.717, 1.165) is 0 Å². The number of likely N-dealkylation sites (tertiary alicyclic amines) is 1. The molecule has 26 heavy (non-hydrogen) atoms. The number of carbonyl (C=O) groups is 1. The molecule has 1 fully saturated rings. The second kappa shape index (κ2) is 6.95. The first-order valence-corrected chi connectivity index (χ1v) is 8.50. The number of para-hydroxylation sites is 1. The van der Waals surface area contributed by atoms with Crippen molar-refractivity contribution in [2.45, 2.75) is 19.1 Å². The van der Waals surface area contributed by atoms with Crippen molar-refractivity contribution in [3.63, 3.8) is 0 Å². The van der Waals surface area contributed by atoms with E-state index in [9.17, 15) is 9.59 Å². The van der Waals surface area contributed by atoms with Gasteiger partial charge in [0, 0.05) is 25.2 Å². The zero-order chi connectivity index (χ0) is 17.9. The van der Waals surface area contributed by atoms with E-state index in [1.807, 2.05) is 24.3 Å². The van der Waals surface area contributed by atoms with Crippen molar-refractivity contribution in [1.29, 1.82) is 0 Å². The Kier molecular flexibility index (Phi) is 4.35. The lowest BCUT2D eigenvalue weighted by Gasteiger charge is -2.38. The number of pyridine rings is 1. The molecule has 0 radical (unpaired) electrons. The van der Waals surface area contributed by atoms with Gasteiger partial charge in [0.2, 0.25) is 11.8 Å². The summed E-state index contributed by atoms with van der Waals surface area (Å²) < 4.78 is 7.18. The fourth-order valence-corrected chi connectivity index (χ4v) is 2.94. The summed E-state index contributed by atoms with van der Waals surface area (Å²) in [5, 5.41) is 0.565. The second-order valence-corrected chi connectivity index (χ2v) is 6.22. The van der Waals surface area contributed by atoms with Crippen molar-refractivity contribution in [1.82, 2.24) is 19.4 Å². The van der Waals surface area contributed by atoms with Crippen LogP contribution in [0.25, 0.3) is 10.9 Å². The van der Waals surface area contributed by atoms with Crippen molar-refractivity contribution >= 4 is 16.8 Å². The predicted octanol–water partition coefficient (Wildman–Crippen LogP) is 1.47. The molecule has 1 aliphatic rings. The lowest BCUT2D eigenvalue weighted by molar-refractivity contribution is -0.140. The van der Waals surface area contributed by atoms with E-state index >= 15 is 0 Å². The maximum atomic E-state index is 12.4. The fourth-order valence-electron chi connectivity index (χ4n) is 2.94. The van der Waals surface area contributed by atoms with Crippen LogP contribution in [0.3, 0.4) is 0 Å². The molecule has 0 saturated carbocycles. The van der Waals surface area contributed by atoms with Gasteiger partial charge in [0.1, 0.15) is 6.10 Å². The van der Waals surface area contributed by atoms with Crippen LogP contribution in [0.4, 0.5) is 0 Å². The molecule has 0 bridgehead atoms. The number of hydrogen-bond donors (Lipinski definition) is 0. The van der Waals surface area contributed by atoms with E-state index in [4.69, 9.17) is 4.74 Å². The lowest BCUT2D eigenvalue weighted by Crippen LogP contribution is -2.56. The van der Waals surface area contributed by atoms with Crippen molar-refractivity contribution in [3.05, 3.63) is 65.3 Å². The van der Waals surface area contributed by atoms with Gasteiger partial charge in [-0.3, -0.25) is 14.2 Å². The molecule has 132 valence electrons. The molecule has 0 spiro atoms. The molecule has 1 aromatic carbocycles. The minimum Gasteiger partial charge on any atom is -0.471 e. The molecule has 7 heteroatoms. The van der Waals surface area contributed by atoms with Crippen LogP contribution in [0.5, 0.6) is 5.88 Å². The molecule has 1 saturated heterocycles. The van der Waals surface area contributed by atoms with Crippen molar-refractivity contribution < 1.29 is 9.53 Å². The summed E-state index contributed by atoms with van der Waals surface area (Å²) >= 11 is 0. The van der Waals surface area contributed by atoms with Crippen molar-refractivity contribution in [2.24, 2.45) is 0 Å². The molecule has 1 aliphatic heterocycles. The highest BCUT2D eigenvalue weighted by atomic mass is 16.5. The van der Waals surface area contributed by atoms with Gasteiger partial charge in [-0.15, -0.1) is 0 Å². The predicted molar refractivity (Wildman–Crippen MR) is 95.9 cm³/mol. The Morgan fingerprint density at radius 1 is 1.12 bits per heavy atom. The van der Waals surface area contributed by atoms with E-state index in [1.165, 1.54) is 10.9 Å². The van der Waals surface area contributed by atoms with Crippen LogP contribution in [0.2, 0.25) is 0 Å². The summed E-state index contributed by atoms with van der Waals surface area (Å²) in [6.07, 6.45) is 3.41. The first kappa shape index (κ1) is 16.3. The number of benzene rings is 1. The molecule has 7 nitrogen and oxygen atoms in total. The summed E-state index contributed by atoms with van der Waals surface area (Å²) in [5.41, 5.74) is 0.542. The Morgan fingerprint density at radius 3 is 2.73 bits per heavy atom. The number of aryl methyl sites for hydroxylation is 1. The van der Waals surface area contributed by atoms with Crippen LogP contribution in [0, 0.1) is 0 Å². The minimum atomic E-state index is -0.122. The first-order valence-electron chi connectivity index (χ1n) is 8.50. The largest absolute Gasteiger partial charge is 0.471 e. The van der Waals surface area contributed by atoms with Crippen LogP contribution in [0.1, 0.15) is 6.42 Å². The Morgan fingerprint density at radius 2 is 1.92 bits per heavy atom. The first-order chi connectivity index (χ1) is 12.7. The number of fused-ring (bicyclic) bond motifs is 1. The fraction of sp³-hybridized carbons (Fsp3) is 0.263. The normalized spacial score (nSPS) is 14.2. The number of amides is 1. The van der Waals surface area contributed by atoms with Gasteiger partial charge in [0.25, 0.3) is 5.56 Å². The lowest BCUT2D eigenvalue weighted by atomic mass is 10.1. The molecule has 3 aromatic rings. The number of rotatable bonds is 5. The third-order valence-electron chi connectivity index (χ3n) is 4.42. The van der Waals surface area contributed by atoms with Crippen LogP contribution in [0.15, 0.2) is 59.8 Å². The maximum absolute atomic E-state index is 12.4. The third kappa shape index (κ3) is 3.28. The quantitative estimate of drug-likeness (QED) is 0.696. The van der Waals surface area contributed by atoms with Crippen LogP contribution >= 0.6 is 0 Å². The molecule has 0 unspecified atom stereocenters. The van der Waals surface area contributed by atoms with E-state index in [-0.39, 0.29) is 24.0 Å². The summed E-state index contributed by atoms with van der Waals surface area (Å²) in [4.78, 5) is 34.8.